The number of likely N-dealkylation sites (tertiary alicyclic amines) is 1. The number of methoxy groups -OCH3 is 2. The summed E-state index contributed by atoms with van der Waals surface area (Å²) in [6.45, 7) is 8.80. The monoisotopic (exact) mass is 449 g/mol. The van der Waals surface area contributed by atoms with Crippen molar-refractivity contribution in [2.75, 3.05) is 33.9 Å². The van der Waals surface area contributed by atoms with Crippen LogP contribution in [0, 0.1) is 19.8 Å². The Morgan fingerprint density at radius 2 is 1.82 bits per heavy atom. The van der Waals surface area contributed by atoms with Crippen molar-refractivity contribution in [3.05, 3.63) is 58.7 Å². The van der Waals surface area contributed by atoms with Gasteiger partial charge in [-0.2, -0.15) is 5.10 Å². The second-order valence-corrected chi connectivity index (χ2v) is 9.39. The second-order valence-electron chi connectivity index (χ2n) is 9.39. The minimum absolute atomic E-state index is 0.0344. The summed E-state index contributed by atoms with van der Waals surface area (Å²) in [4.78, 5) is 15.8. The molecule has 0 bridgehead atoms. The van der Waals surface area contributed by atoms with E-state index in [9.17, 15) is 4.79 Å². The fraction of sp³-hybridized carbons (Fsp3) is 0.481. The first-order valence-electron chi connectivity index (χ1n) is 11.8. The lowest BCUT2D eigenvalue weighted by Crippen LogP contribution is -2.41. The lowest BCUT2D eigenvalue weighted by molar-refractivity contribution is -0.134. The molecular formula is C27H35N3O3. The second kappa shape index (κ2) is 9.96. The number of carbonyl (C=O) groups excluding carboxylic acids is 1. The van der Waals surface area contributed by atoms with E-state index in [1.807, 2.05) is 18.2 Å². The van der Waals surface area contributed by atoms with Crippen LogP contribution in [-0.4, -0.2) is 55.4 Å². The van der Waals surface area contributed by atoms with Gasteiger partial charge >= 0.3 is 0 Å². The first-order valence-corrected chi connectivity index (χ1v) is 11.8. The summed E-state index contributed by atoms with van der Waals surface area (Å²) in [5, 5.41) is 6.58. The number of carbonyl (C=O) groups is 1. The van der Waals surface area contributed by atoms with Gasteiger partial charge in [0.2, 0.25) is 0 Å². The maximum atomic E-state index is 13.5. The highest BCUT2D eigenvalue weighted by atomic mass is 16.5. The van der Waals surface area contributed by atoms with Gasteiger partial charge in [0.05, 0.1) is 32.5 Å². The Morgan fingerprint density at radius 3 is 2.48 bits per heavy atom. The van der Waals surface area contributed by atoms with Crippen LogP contribution >= 0.6 is 0 Å². The van der Waals surface area contributed by atoms with E-state index in [0.29, 0.717) is 18.7 Å². The Hall–Kier alpha value is -2.86. The normalized spacial score (nSPS) is 19.5. The molecule has 0 unspecified atom stereocenters. The van der Waals surface area contributed by atoms with Crippen LogP contribution in [0.25, 0.3) is 0 Å². The van der Waals surface area contributed by atoms with E-state index in [0.717, 1.165) is 54.4 Å². The Morgan fingerprint density at radius 1 is 1.06 bits per heavy atom. The molecule has 2 aromatic rings. The maximum Gasteiger partial charge on any atom is 0.257 e. The van der Waals surface area contributed by atoms with E-state index in [2.05, 4.69) is 43.9 Å². The summed E-state index contributed by atoms with van der Waals surface area (Å²) in [6.07, 6.45) is 2.93. The van der Waals surface area contributed by atoms with E-state index >= 15 is 0 Å². The van der Waals surface area contributed by atoms with Gasteiger partial charge < -0.3 is 9.47 Å². The molecule has 2 aliphatic heterocycles. The summed E-state index contributed by atoms with van der Waals surface area (Å²) < 4.78 is 11.1. The fourth-order valence-electron chi connectivity index (χ4n) is 4.86. The molecule has 1 saturated heterocycles. The molecule has 2 heterocycles. The summed E-state index contributed by atoms with van der Waals surface area (Å²) in [5.41, 5.74) is 5.38. The van der Waals surface area contributed by atoms with Crippen LogP contribution in [0.2, 0.25) is 0 Å². The van der Waals surface area contributed by atoms with Gasteiger partial charge in [-0.25, -0.2) is 5.01 Å². The van der Waals surface area contributed by atoms with E-state index in [-0.39, 0.29) is 11.9 Å². The molecule has 4 rings (SSSR count). The number of benzene rings is 2. The van der Waals surface area contributed by atoms with Crippen LogP contribution < -0.4 is 9.47 Å². The van der Waals surface area contributed by atoms with Gasteiger partial charge in [-0.05, 0) is 63.4 Å². The zero-order valence-corrected chi connectivity index (χ0v) is 20.4. The number of hydrogen-bond acceptors (Lipinski definition) is 5. The number of rotatable bonds is 6. The van der Waals surface area contributed by atoms with Crippen LogP contribution in [0.3, 0.4) is 0 Å². The van der Waals surface area contributed by atoms with Crippen molar-refractivity contribution in [3.8, 4) is 11.5 Å². The van der Waals surface area contributed by atoms with Crippen molar-refractivity contribution in [1.82, 2.24) is 9.91 Å². The fourth-order valence-corrected chi connectivity index (χ4v) is 4.86. The van der Waals surface area contributed by atoms with Crippen LogP contribution in [0.4, 0.5) is 0 Å². The van der Waals surface area contributed by atoms with Gasteiger partial charge in [0.25, 0.3) is 5.91 Å². The van der Waals surface area contributed by atoms with E-state index in [4.69, 9.17) is 14.6 Å². The lowest BCUT2D eigenvalue weighted by atomic mass is 9.94. The molecule has 0 N–H and O–H groups in total. The van der Waals surface area contributed by atoms with Crippen molar-refractivity contribution in [2.45, 2.75) is 46.1 Å². The molecule has 6 nitrogen and oxygen atoms in total. The highest BCUT2D eigenvalue weighted by Crippen LogP contribution is 2.39. The Bertz CT molecular complexity index is 1040. The third-order valence-corrected chi connectivity index (χ3v) is 6.89. The topological polar surface area (TPSA) is 54.4 Å². The average molecular weight is 450 g/mol. The van der Waals surface area contributed by atoms with Crippen LogP contribution in [0.5, 0.6) is 11.5 Å². The predicted octanol–water partition coefficient (Wildman–Crippen LogP) is 4.73. The third-order valence-electron chi connectivity index (χ3n) is 6.89. The molecule has 2 aromatic carbocycles. The van der Waals surface area contributed by atoms with E-state index < -0.39 is 0 Å². The summed E-state index contributed by atoms with van der Waals surface area (Å²) in [6, 6.07) is 12.0. The Balaban J connectivity index is 1.66. The summed E-state index contributed by atoms with van der Waals surface area (Å²) in [7, 11) is 3.29. The number of nitrogens with zero attached hydrogens (tertiary/aromatic N) is 3. The molecule has 0 saturated carbocycles. The van der Waals surface area contributed by atoms with Crippen LogP contribution in [-0.2, 0) is 4.79 Å². The first kappa shape index (κ1) is 23.3. The van der Waals surface area contributed by atoms with Gasteiger partial charge in [0, 0.05) is 23.6 Å². The van der Waals surface area contributed by atoms with Gasteiger partial charge in [-0.1, -0.05) is 30.7 Å². The SMILES string of the molecule is COc1ccc([C@H]2CC(c3ccc(C)cc3C)=NN2C(=O)CN2CCC(C)CC2)c(OC)c1. The molecule has 6 heteroatoms. The Kier molecular flexibility index (Phi) is 7.03. The number of hydrazone groups is 1. The van der Waals surface area contributed by atoms with Crippen molar-refractivity contribution < 1.29 is 14.3 Å². The smallest absolute Gasteiger partial charge is 0.257 e. The molecule has 1 amide bonds. The highest BCUT2D eigenvalue weighted by Gasteiger charge is 2.36. The van der Waals surface area contributed by atoms with Gasteiger partial charge in [0.15, 0.2) is 0 Å². The molecule has 1 fully saturated rings. The summed E-state index contributed by atoms with van der Waals surface area (Å²) in [5.74, 6) is 2.20. The molecule has 0 radical (unpaired) electrons. The molecule has 0 aromatic heterocycles. The van der Waals surface area contributed by atoms with Crippen molar-refractivity contribution >= 4 is 11.6 Å². The molecule has 0 aliphatic carbocycles. The molecule has 0 spiro atoms. The largest absolute Gasteiger partial charge is 0.497 e. The maximum absolute atomic E-state index is 13.5. The van der Waals surface area contributed by atoms with Gasteiger partial charge in [0.1, 0.15) is 11.5 Å². The first-order chi connectivity index (χ1) is 15.9. The number of hydrogen-bond donors (Lipinski definition) is 0. The van der Waals surface area contributed by atoms with Crippen LogP contribution in [0.15, 0.2) is 41.5 Å². The standard InChI is InChI=1S/C27H35N3O3/c1-18-10-12-29(13-11-18)17-27(31)30-25(23-9-7-21(32-4)15-26(23)33-5)16-24(28-30)22-8-6-19(2)14-20(22)3/h6-9,14-15,18,25H,10-13,16-17H2,1-5H3/t25-/m1/s1. The minimum Gasteiger partial charge on any atom is -0.497 e. The van der Waals surface area contributed by atoms with Gasteiger partial charge in [-0.15, -0.1) is 0 Å². The molecule has 176 valence electrons. The van der Waals surface area contributed by atoms with Gasteiger partial charge in [-0.3, -0.25) is 9.69 Å². The predicted molar refractivity (Wildman–Crippen MR) is 131 cm³/mol. The average Bonchev–Trinajstić information content (AvgIpc) is 3.25. The number of ether oxygens (including phenoxy) is 2. The van der Waals surface area contributed by atoms with Crippen molar-refractivity contribution in [1.29, 1.82) is 0 Å². The molecule has 1 atom stereocenters. The molecule has 33 heavy (non-hydrogen) atoms. The zero-order chi connectivity index (χ0) is 23.5. The number of aryl methyl sites for hydroxylation is 2. The van der Waals surface area contributed by atoms with E-state index in [1.54, 1.807) is 19.2 Å². The molecule has 2 aliphatic rings. The van der Waals surface area contributed by atoms with Crippen molar-refractivity contribution in [2.24, 2.45) is 11.0 Å². The molecular weight excluding hydrogens is 414 g/mol. The lowest BCUT2D eigenvalue weighted by Gasteiger charge is -2.31. The van der Waals surface area contributed by atoms with Crippen LogP contribution in [0.1, 0.15) is 54.5 Å². The Labute approximate surface area is 197 Å². The highest BCUT2D eigenvalue weighted by molar-refractivity contribution is 6.04. The summed E-state index contributed by atoms with van der Waals surface area (Å²) >= 11 is 0. The van der Waals surface area contributed by atoms with E-state index in [1.165, 1.54) is 11.1 Å². The number of amides is 1. The quantitative estimate of drug-likeness (QED) is 0.640. The number of piperidine rings is 1. The zero-order valence-electron chi connectivity index (χ0n) is 20.4. The van der Waals surface area contributed by atoms with Crippen molar-refractivity contribution in [3.63, 3.8) is 0 Å². The third kappa shape index (κ3) is 5.06. The minimum atomic E-state index is -0.210.